The van der Waals surface area contributed by atoms with Gasteiger partial charge in [-0.1, -0.05) is 27.2 Å². The highest BCUT2D eigenvalue weighted by Gasteiger charge is 2.70. The fourth-order valence-electron chi connectivity index (χ4n) is 6.55. The first-order valence-electron chi connectivity index (χ1n) is 9.74. The van der Waals surface area contributed by atoms with E-state index >= 15 is 0 Å². The first-order valence-corrected chi connectivity index (χ1v) is 11.4. The normalized spacial score (nSPS) is 54.5. The molecule has 3 fully saturated rings. The van der Waals surface area contributed by atoms with Crippen molar-refractivity contribution in [3.05, 3.63) is 0 Å². The Morgan fingerprint density at radius 2 is 1.69 bits per heavy atom. The number of fused-ring (bicyclic) bond motifs is 3. The molecule has 1 N–H and O–H groups in total. The van der Waals surface area contributed by atoms with Gasteiger partial charge in [-0.05, 0) is 62.2 Å². The van der Waals surface area contributed by atoms with Crippen LogP contribution in [0.5, 0.6) is 0 Å². The van der Waals surface area contributed by atoms with Crippen molar-refractivity contribution in [2.24, 2.45) is 28.6 Å². The van der Waals surface area contributed by atoms with Crippen molar-refractivity contribution in [1.29, 1.82) is 0 Å². The quantitative estimate of drug-likeness (QED) is 0.493. The van der Waals surface area contributed by atoms with Crippen LogP contribution in [0.3, 0.4) is 0 Å². The van der Waals surface area contributed by atoms with E-state index in [4.69, 9.17) is 46.4 Å². The van der Waals surface area contributed by atoms with Crippen molar-refractivity contribution in [3.63, 3.8) is 0 Å². The van der Waals surface area contributed by atoms with Gasteiger partial charge in [0.2, 0.25) is 0 Å². The fraction of sp³-hybridized carbons (Fsp3) is 0.950. The average Bonchev–Trinajstić information content (AvgIpc) is 2.54. The van der Waals surface area contributed by atoms with Gasteiger partial charge in [0, 0.05) is 0 Å². The number of hydrogen-bond acceptors (Lipinski definition) is 1. The Kier molecular flexibility index (Phi) is 5.40. The van der Waals surface area contributed by atoms with Crippen molar-refractivity contribution in [2.45, 2.75) is 86.7 Å². The molecule has 2 nitrogen and oxygen atoms in total. The lowest BCUT2D eigenvalue weighted by Crippen LogP contribution is -2.70. The Morgan fingerprint density at radius 3 is 2.23 bits per heavy atom. The molecule has 0 heterocycles. The van der Waals surface area contributed by atoms with Crippen LogP contribution in [0.1, 0.15) is 66.2 Å². The standard InChI is InChI=1S/C20H30Cl4O2/c1-11(2)19(23)9-6-12-17(3)7-5-8-18(4,16(25)26)13(17)10-14(21)20(12,24)15(19)22/h11-15H,5-10H2,1-4H3,(H,25,26)/t12-,13-,14?,15?,17-,18-,19+,20-/m1/s1. The van der Waals surface area contributed by atoms with Crippen LogP contribution in [0.2, 0.25) is 0 Å². The van der Waals surface area contributed by atoms with Crippen LogP contribution in [0, 0.1) is 28.6 Å². The monoisotopic (exact) mass is 442 g/mol. The summed E-state index contributed by atoms with van der Waals surface area (Å²) in [6.07, 6.45) is 4.79. The van der Waals surface area contributed by atoms with E-state index in [1.807, 2.05) is 6.92 Å². The van der Waals surface area contributed by atoms with Crippen molar-refractivity contribution in [2.75, 3.05) is 0 Å². The summed E-state index contributed by atoms with van der Waals surface area (Å²) in [5.74, 6) is -0.448. The zero-order chi connectivity index (χ0) is 19.7. The maximum atomic E-state index is 12.2. The number of carboxylic acid groups (broad SMARTS) is 1. The number of carbonyl (C=O) groups is 1. The third-order valence-electron chi connectivity index (χ3n) is 8.30. The Bertz CT molecular complexity index is 598. The van der Waals surface area contributed by atoms with Crippen molar-refractivity contribution in [3.8, 4) is 0 Å². The van der Waals surface area contributed by atoms with Crippen molar-refractivity contribution >= 4 is 52.4 Å². The van der Waals surface area contributed by atoms with E-state index in [-0.39, 0.29) is 28.5 Å². The Morgan fingerprint density at radius 1 is 1.08 bits per heavy atom. The van der Waals surface area contributed by atoms with E-state index in [2.05, 4.69) is 20.8 Å². The third-order valence-corrected chi connectivity index (χ3v) is 11.5. The van der Waals surface area contributed by atoms with Crippen molar-refractivity contribution in [1.82, 2.24) is 0 Å². The van der Waals surface area contributed by atoms with Gasteiger partial charge in [0.05, 0.1) is 25.9 Å². The number of halogens is 4. The molecule has 3 aliphatic carbocycles. The summed E-state index contributed by atoms with van der Waals surface area (Å²) in [4.78, 5) is 10.8. The van der Waals surface area contributed by atoms with Crippen LogP contribution in [0.4, 0.5) is 0 Å². The highest BCUT2D eigenvalue weighted by atomic mass is 35.5. The Labute approximate surface area is 177 Å². The van der Waals surface area contributed by atoms with Gasteiger partial charge in [-0.3, -0.25) is 4.79 Å². The lowest BCUT2D eigenvalue weighted by atomic mass is 9.43. The van der Waals surface area contributed by atoms with Crippen LogP contribution >= 0.6 is 46.4 Å². The van der Waals surface area contributed by atoms with Gasteiger partial charge >= 0.3 is 5.97 Å². The molecule has 3 saturated carbocycles. The van der Waals surface area contributed by atoms with Crippen LogP contribution < -0.4 is 0 Å². The molecule has 26 heavy (non-hydrogen) atoms. The molecule has 3 aliphatic rings. The topological polar surface area (TPSA) is 37.3 Å². The molecule has 0 aliphatic heterocycles. The first-order chi connectivity index (χ1) is 11.8. The summed E-state index contributed by atoms with van der Waals surface area (Å²) in [5, 5.41) is 9.15. The maximum absolute atomic E-state index is 12.2. The highest BCUT2D eigenvalue weighted by Crippen LogP contribution is 2.69. The summed E-state index contributed by atoms with van der Waals surface area (Å²) in [6.45, 7) is 8.29. The van der Waals surface area contributed by atoms with Gasteiger partial charge in [0.25, 0.3) is 0 Å². The average molecular weight is 444 g/mol. The highest BCUT2D eigenvalue weighted by molar-refractivity contribution is 6.41. The fourth-order valence-corrected chi connectivity index (χ4v) is 8.73. The number of alkyl halides is 4. The smallest absolute Gasteiger partial charge is 0.309 e. The van der Waals surface area contributed by atoms with Crippen LogP contribution in [0.25, 0.3) is 0 Å². The number of carboxylic acids is 1. The second kappa shape index (κ2) is 6.57. The molecule has 8 atom stereocenters. The third kappa shape index (κ3) is 2.61. The van der Waals surface area contributed by atoms with E-state index in [0.717, 1.165) is 25.7 Å². The molecule has 150 valence electrons. The van der Waals surface area contributed by atoms with Gasteiger partial charge in [0.1, 0.15) is 0 Å². The lowest BCUT2D eigenvalue weighted by molar-refractivity contribution is -0.170. The molecule has 0 radical (unpaired) electrons. The Hall–Kier alpha value is 0.630. The molecule has 3 rings (SSSR count). The lowest BCUT2D eigenvalue weighted by Gasteiger charge is -2.66. The van der Waals surface area contributed by atoms with Crippen LogP contribution in [0.15, 0.2) is 0 Å². The number of hydrogen-bond donors (Lipinski definition) is 1. The molecule has 0 bridgehead atoms. The van der Waals surface area contributed by atoms with E-state index in [9.17, 15) is 9.90 Å². The number of rotatable bonds is 2. The predicted molar refractivity (Wildman–Crippen MR) is 110 cm³/mol. The van der Waals surface area contributed by atoms with Crippen molar-refractivity contribution < 1.29 is 9.90 Å². The summed E-state index contributed by atoms with van der Waals surface area (Å²) in [5.41, 5.74) is -0.936. The van der Waals surface area contributed by atoms with Gasteiger partial charge < -0.3 is 5.11 Å². The second-order valence-electron chi connectivity index (χ2n) is 9.70. The molecule has 0 aromatic heterocycles. The van der Waals surface area contributed by atoms with Gasteiger partial charge in [-0.2, -0.15) is 0 Å². The molecule has 0 aromatic rings. The van der Waals surface area contributed by atoms with Gasteiger partial charge in [-0.25, -0.2) is 0 Å². The maximum Gasteiger partial charge on any atom is 0.309 e. The second-order valence-corrected chi connectivity index (χ2v) is 12.0. The largest absolute Gasteiger partial charge is 0.481 e. The molecule has 0 amide bonds. The number of aliphatic carboxylic acids is 1. The van der Waals surface area contributed by atoms with E-state index in [1.165, 1.54) is 0 Å². The molecule has 2 unspecified atom stereocenters. The summed E-state index contributed by atoms with van der Waals surface area (Å²) < 4.78 is 0. The van der Waals surface area contributed by atoms with Crippen LogP contribution in [-0.2, 0) is 4.79 Å². The first kappa shape index (κ1) is 21.3. The van der Waals surface area contributed by atoms with Gasteiger partial charge in [0.15, 0.2) is 0 Å². The molecular formula is C20H30Cl4O2. The minimum Gasteiger partial charge on any atom is -0.481 e. The summed E-state index contributed by atoms with van der Waals surface area (Å²) in [7, 11) is 0. The molecule has 0 spiro atoms. The molecule has 6 heteroatoms. The van der Waals surface area contributed by atoms with Gasteiger partial charge in [-0.15, -0.1) is 46.4 Å². The van der Waals surface area contributed by atoms with Crippen LogP contribution in [-0.4, -0.2) is 31.6 Å². The van der Waals surface area contributed by atoms with E-state index in [1.54, 1.807) is 0 Å². The Balaban J connectivity index is 2.08. The molecular weight excluding hydrogens is 414 g/mol. The minimum absolute atomic E-state index is 0.00590. The summed E-state index contributed by atoms with van der Waals surface area (Å²) >= 11 is 28.2. The van der Waals surface area contributed by atoms with E-state index in [0.29, 0.717) is 12.8 Å². The molecule has 0 aromatic carbocycles. The summed E-state index contributed by atoms with van der Waals surface area (Å²) in [6, 6.07) is 0. The zero-order valence-corrected chi connectivity index (χ0v) is 19.0. The minimum atomic E-state index is -0.810. The molecule has 0 saturated heterocycles. The van der Waals surface area contributed by atoms with E-state index < -0.39 is 26.5 Å². The predicted octanol–water partition coefficient (Wildman–Crippen LogP) is 6.52. The SMILES string of the molecule is CC(C)[C@@]1(Cl)CC[C@H]2[C@@](Cl)(C(Cl)C[C@@H]3[C@]2(C)CCC[C@@]3(C)C(=O)O)C1Cl. The zero-order valence-electron chi connectivity index (χ0n) is 16.0.